The van der Waals surface area contributed by atoms with E-state index in [1.165, 1.54) is 0 Å². The molecule has 3 unspecified atom stereocenters. The van der Waals surface area contributed by atoms with Crippen LogP contribution in [0.5, 0.6) is 0 Å². The van der Waals surface area contributed by atoms with Crippen LogP contribution in [-0.4, -0.2) is 34.2 Å². The van der Waals surface area contributed by atoms with Crippen molar-refractivity contribution in [3.8, 4) is 0 Å². The van der Waals surface area contributed by atoms with Gasteiger partial charge in [-0.1, -0.05) is 20.8 Å². The minimum absolute atomic E-state index is 0.320. The molecule has 0 aromatic carbocycles. The molecule has 1 aliphatic carbocycles. The van der Waals surface area contributed by atoms with Crippen LogP contribution in [0.15, 0.2) is 0 Å². The molecule has 8 nitrogen and oxygen atoms in total. The number of amides is 4. The molecular weight excluding hydrogens is 248 g/mol. The summed E-state index contributed by atoms with van der Waals surface area (Å²) >= 11 is 0. The number of hydrazine groups is 2. The second-order valence-corrected chi connectivity index (χ2v) is 6.04. The fraction of sp³-hybridized carbons (Fsp3) is 0.818. The maximum atomic E-state index is 11.4. The summed E-state index contributed by atoms with van der Waals surface area (Å²) in [7, 11) is 0. The maximum absolute atomic E-state index is 11.4. The molecule has 1 rings (SSSR count). The summed E-state index contributed by atoms with van der Waals surface area (Å²) in [5.41, 5.74) is 10.2. The average Bonchev–Trinajstić information content (AvgIpc) is 2.24. The Labute approximate surface area is 113 Å². The van der Waals surface area contributed by atoms with Gasteiger partial charge in [-0.15, -0.1) is 0 Å². The van der Waals surface area contributed by atoms with Crippen molar-refractivity contribution in [1.82, 2.24) is 10.0 Å². The third-order valence-electron chi connectivity index (χ3n) is 3.85. The number of nitrogens with zero attached hydrogens (tertiary/aromatic N) is 2. The third-order valence-corrected chi connectivity index (χ3v) is 3.85. The third kappa shape index (κ3) is 3.07. The number of hydrogen-bond acceptors (Lipinski definition) is 4. The van der Waals surface area contributed by atoms with Crippen LogP contribution in [0, 0.1) is 11.3 Å². The van der Waals surface area contributed by atoms with Crippen molar-refractivity contribution in [2.45, 2.75) is 45.7 Å². The molecule has 1 aliphatic rings. The van der Waals surface area contributed by atoms with Gasteiger partial charge in [0.15, 0.2) is 0 Å². The van der Waals surface area contributed by atoms with Crippen LogP contribution in [0.3, 0.4) is 0 Å². The monoisotopic (exact) mass is 272 g/mol. The van der Waals surface area contributed by atoms with E-state index in [1.54, 1.807) is 0 Å². The molecule has 1 fully saturated rings. The number of carbonyl (C=O) groups is 2. The van der Waals surface area contributed by atoms with Crippen LogP contribution in [-0.2, 0) is 0 Å². The summed E-state index contributed by atoms with van der Waals surface area (Å²) in [5, 5.41) is 1.91. The molecule has 0 aromatic rings. The van der Waals surface area contributed by atoms with E-state index in [9.17, 15) is 9.59 Å². The molecule has 3 atom stereocenters. The summed E-state index contributed by atoms with van der Waals surface area (Å²) < 4.78 is 0. The fourth-order valence-corrected chi connectivity index (χ4v) is 3.29. The lowest BCUT2D eigenvalue weighted by atomic mass is 9.66. The van der Waals surface area contributed by atoms with Crippen LogP contribution < -0.4 is 23.2 Å². The SMILES string of the molecule is CC1CC(N(N)C(N)=O)C(N(N)C(N)=O)C(C)(C)C1. The standard InChI is InChI=1S/C11H24N6O2/c1-6-4-7(16(14)9(12)18)8(11(2,3)5-6)17(15)10(13)19/h6-8H,4-5,14-15H2,1-3H3,(H2,12,18)(H2,13,19). The minimum Gasteiger partial charge on any atom is -0.350 e. The Morgan fingerprint density at radius 2 is 1.58 bits per heavy atom. The number of urea groups is 2. The zero-order chi connectivity index (χ0) is 15.0. The van der Waals surface area contributed by atoms with Crippen LogP contribution >= 0.6 is 0 Å². The van der Waals surface area contributed by atoms with E-state index >= 15 is 0 Å². The zero-order valence-corrected chi connectivity index (χ0v) is 11.7. The minimum atomic E-state index is -0.754. The fourth-order valence-electron chi connectivity index (χ4n) is 3.29. The van der Waals surface area contributed by atoms with Gasteiger partial charge in [-0.2, -0.15) is 0 Å². The van der Waals surface area contributed by atoms with Gasteiger partial charge in [-0.3, -0.25) is 10.0 Å². The first kappa shape index (κ1) is 15.5. The Balaban J connectivity index is 3.14. The maximum Gasteiger partial charge on any atom is 0.329 e. The van der Waals surface area contributed by atoms with Crippen LogP contribution in [0.25, 0.3) is 0 Å². The molecule has 1 saturated carbocycles. The van der Waals surface area contributed by atoms with Crippen molar-refractivity contribution < 1.29 is 9.59 Å². The highest BCUT2D eigenvalue weighted by Crippen LogP contribution is 2.42. The lowest BCUT2D eigenvalue weighted by molar-refractivity contribution is -0.00947. The van der Waals surface area contributed by atoms with E-state index in [4.69, 9.17) is 23.2 Å². The Kier molecular flexibility index (Phi) is 4.26. The van der Waals surface area contributed by atoms with Crippen molar-refractivity contribution >= 4 is 12.1 Å². The van der Waals surface area contributed by atoms with Crippen molar-refractivity contribution in [3.63, 3.8) is 0 Å². The summed E-state index contributed by atoms with van der Waals surface area (Å²) in [5.74, 6) is 11.8. The number of hydrogen-bond donors (Lipinski definition) is 4. The normalized spacial score (nSPS) is 29.6. The Hall–Kier alpha value is -1.54. The Bertz CT molecular complexity index is 372. The Morgan fingerprint density at radius 1 is 1.11 bits per heavy atom. The predicted octanol–water partition coefficient (Wildman–Crippen LogP) is -0.311. The van der Waals surface area contributed by atoms with Gasteiger partial charge in [0.25, 0.3) is 0 Å². The zero-order valence-electron chi connectivity index (χ0n) is 11.7. The van der Waals surface area contributed by atoms with Crippen molar-refractivity contribution in [2.75, 3.05) is 0 Å². The molecule has 0 spiro atoms. The van der Waals surface area contributed by atoms with Gasteiger partial charge in [0.2, 0.25) is 0 Å². The van der Waals surface area contributed by atoms with Crippen molar-refractivity contribution in [3.05, 3.63) is 0 Å². The van der Waals surface area contributed by atoms with Gasteiger partial charge in [0, 0.05) is 0 Å². The summed E-state index contributed by atoms with van der Waals surface area (Å²) in [4.78, 5) is 22.7. The molecule has 0 saturated heterocycles. The van der Waals surface area contributed by atoms with Gasteiger partial charge in [-0.05, 0) is 24.2 Å². The Morgan fingerprint density at radius 3 is 2.00 bits per heavy atom. The second-order valence-electron chi connectivity index (χ2n) is 6.04. The van der Waals surface area contributed by atoms with Crippen molar-refractivity contribution in [2.24, 2.45) is 34.5 Å². The first-order valence-electron chi connectivity index (χ1n) is 6.24. The summed E-state index contributed by atoms with van der Waals surface area (Å²) in [6.07, 6.45) is 1.47. The number of primary amides is 2. The quantitative estimate of drug-likeness (QED) is 0.310. The topological polar surface area (TPSA) is 145 Å². The predicted molar refractivity (Wildman–Crippen MR) is 71.0 cm³/mol. The molecule has 19 heavy (non-hydrogen) atoms. The van der Waals surface area contributed by atoms with Gasteiger partial charge < -0.3 is 11.5 Å². The summed E-state index contributed by atoms with van der Waals surface area (Å²) in [6.45, 7) is 6.00. The number of carbonyl (C=O) groups excluding carboxylic acids is 2. The largest absolute Gasteiger partial charge is 0.350 e. The van der Waals surface area contributed by atoms with E-state index in [0.717, 1.165) is 16.4 Å². The highest BCUT2D eigenvalue weighted by Gasteiger charge is 2.48. The molecule has 8 N–H and O–H groups in total. The highest BCUT2D eigenvalue weighted by molar-refractivity contribution is 5.73. The van der Waals surface area contributed by atoms with Crippen LogP contribution in [0.1, 0.15) is 33.6 Å². The first-order valence-corrected chi connectivity index (χ1v) is 6.24. The van der Waals surface area contributed by atoms with E-state index in [0.29, 0.717) is 12.3 Å². The molecule has 0 heterocycles. The number of rotatable bonds is 2. The van der Waals surface area contributed by atoms with E-state index in [1.807, 2.05) is 13.8 Å². The molecule has 0 radical (unpaired) electrons. The van der Waals surface area contributed by atoms with E-state index in [-0.39, 0.29) is 5.41 Å². The van der Waals surface area contributed by atoms with Gasteiger partial charge in [-0.25, -0.2) is 21.3 Å². The molecule has 0 aromatic heterocycles. The van der Waals surface area contributed by atoms with Gasteiger partial charge in [0.1, 0.15) is 0 Å². The molecule has 110 valence electrons. The lowest BCUT2D eigenvalue weighted by Gasteiger charge is -2.51. The first-order chi connectivity index (χ1) is 8.58. The van der Waals surface area contributed by atoms with Gasteiger partial charge >= 0.3 is 12.1 Å². The van der Waals surface area contributed by atoms with Crippen LogP contribution in [0.4, 0.5) is 9.59 Å². The van der Waals surface area contributed by atoms with E-state index < -0.39 is 24.1 Å². The molecule has 8 heteroatoms. The van der Waals surface area contributed by atoms with E-state index in [2.05, 4.69) is 6.92 Å². The summed E-state index contributed by atoms with van der Waals surface area (Å²) in [6, 6.07) is -2.43. The molecular formula is C11H24N6O2. The average molecular weight is 272 g/mol. The number of nitrogens with two attached hydrogens (primary N) is 4. The molecule has 0 bridgehead atoms. The highest BCUT2D eigenvalue weighted by atomic mass is 16.2. The van der Waals surface area contributed by atoms with Gasteiger partial charge in [0.05, 0.1) is 12.1 Å². The lowest BCUT2D eigenvalue weighted by Crippen LogP contribution is -2.68. The second kappa shape index (κ2) is 5.22. The van der Waals surface area contributed by atoms with Crippen molar-refractivity contribution in [1.29, 1.82) is 0 Å². The van der Waals surface area contributed by atoms with Crippen LogP contribution in [0.2, 0.25) is 0 Å². The molecule has 0 aliphatic heterocycles. The smallest absolute Gasteiger partial charge is 0.329 e. The molecule has 4 amide bonds.